The van der Waals surface area contributed by atoms with Crippen LogP contribution in [0.3, 0.4) is 0 Å². The molecule has 118 valence electrons. The average Bonchev–Trinajstić information content (AvgIpc) is 2.47. The van der Waals surface area contributed by atoms with Crippen LogP contribution in [-0.4, -0.2) is 49.3 Å². The number of piperazine rings is 1. The molecule has 2 rings (SSSR count). The van der Waals surface area contributed by atoms with Crippen molar-refractivity contribution < 1.29 is 18.3 Å². The Morgan fingerprint density at radius 3 is 2.43 bits per heavy atom. The Kier molecular flexibility index (Phi) is 5.11. The van der Waals surface area contributed by atoms with Crippen molar-refractivity contribution >= 4 is 5.69 Å². The number of aliphatic hydroxyl groups is 1. The molecule has 0 saturated carbocycles. The third kappa shape index (κ3) is 4.35. The average molecular weight is 302 g/mol. The first-order valence-corrected chi connectivity index (χ1v) is 7.15. The zero-order valence-corrected chi connectivity index (χ0v) is 12.1. The number of hydrogen-bond donors (Lipinski definition) is 1. The van der Waals surface area contributed by atoms with Crippen molar-refractivity contribution in [3.63, 3.8) is 0 Å². The third-order valence-electron chi connectivity index (χ3n) is 3.79. The quantitative estimate of drug-likeness (QED) is 0.925. The lowest BCUT2D eigenvalue weighted by molar-refractivity contribution is -0.137. The van der Waals surface area contributed by atoms with Crippen LogP contribution in [0.25, 0.3) is 0 Å². The van der Waals surface area contributed by atoms with Gasteiger partial charge >= 0.3 is 6.18 Å². The molecule has 0 spiro atoms. The van der Waals surface area contributed by atoms with Crippen molar-refractivity contribution in [3.8, 4) is 0 Å². The minimum Gasteiger partial charge on any atom is -0.396 e. The highest BCUT2D eigenvalue weighted by molar-refractivity contribution is 5.49. The Morgan fingerprint density at radius 1 is 1.19 bits per heavy atom. The lowest BCUT2D eigenvalue weighted by Gasteiger charge is -2.37. The second-order valence-corrected chi connectivity index (χ2v) is 5.62. The summed E-state index contributed by atoms with van der Waals surface area (Å²) in [5, 5.41) is 9.06. The number of benzene rings is 1. The molecule has 0 radical (unpaired) electrons. The zero-order chi connectivity index (χ0) is 15.5. The van der Waals surface area contributed by atoms with Crippen molar-refractivity contribution in [2.24, 2.45) is 5.92 Å². The maximum absolute atomic E-state index is 12.7. The van der Waals surface area contributed by atoms with Crippen LogP contribution in [0, 0.1) is 5.92 Å². The Balaban J connectivity index is 1.96. The lowest BCUT2D eigenvalue weighted by atomic mass is 10.1. The number of rotatable bonds is 4. The number of alkyl halides is 3. The van der Waals surface area contributed by atoms with E-state index in [0.717, 1.165) is 25.7 Å². The largest absolute Gasteiger partial charge is 0.416 e. The van der Waals surface area contributed by atoms with Crippen LogP contribution < -0.4 is 4.90 Å². The molecule has 1 aliphatic rings. The van der Waals surface area contributed by atoms with Crippen LogP contribution >= 0.6 is 0 Å². The van der Waals surface area contributed by atoms with E-state index < -0.39 is 11.7 Å². The van der Waals surface area contributed by atoms with Crippen LogP contribution in [0.1, 0.15) is 12.5 Å². The van der Waals surface area contributed by atoms with E-state index in [4.69, 9.17) is 5.11 Å². The van der Waals surface area contributed by atoms with Crippen molar-refractivity contribution in [1.29, 1.82) is 0 Å². The molecule has 0 bridgehead atoms. The van der Waals surface area contributed by atoms with Gasteiger partial charge in [0.1, 0.15) is 0 Å². The summed E-state index contributed by atoms with van der Waals surface area (Å²) >= 11 is 0. The molecular weight excluding hydrogens is 281 g/mol. The third-order valence-corrected chi connectivity index (χ3v) is 3.79. The van der Waals surface area contributed by atoms with Crippen molar-refractivity contribution in [2.45, 2.75) is 13.1 Å². The fraction of sp³-hybridized carbons (Fsp3) is 0.600. The van der Waals surface area contributed by atoms with Crippen molar-refractivity contribution in [2.75, 3.05) is 44.2 Å². The molecule has 3 nitrogen and oxygen atoms in total. The normalized spacial score (nSPS) is 18.8. The monoisotopic (exact) mass is 302 g/mol. The van der Waals surface area contributed by atoms with E-state index in [2.05, 4.69) is 4.90 Å². The van der Waals surface area contributed by atoms with Gasteiger partial charge in [-0.2, -0.15) is 13.2 Å². The lowest BCUT2D eigenvalue weighted by Crippen LogP contribution is -2.47. The van der Waals surface area contributed by atoms with Gasteiger partial charge in [-0.1, -0.05) is 13.0 Å². The molecule has 1 aliphatic heterocycles. The highest BCUT2D eigenvalue weighted by Crippen LogP contribution is 2.31. The molecule has 6 heteroatoms. The van der Waals surface area contributed by atoms with Gasteiger partial charge in [-0.3, -0.25) is 4.90 Å². The van der Waals surface area contributed by atoms with Crippen molar-refractivity contribution in [3.05, 3.63) is 29.8 Å². The summed E-state index contributed by atoms with van der Waals surface area (Å²) in [5.41, 5.74) is 0.0241. The standard InChI is InChI=1S/C15H21F3N2O/c1-12(11-21)10-19-5-7-20(8-6-19)14-4-2-3-13(9-14)15(16,17)18/h2-4,9,12,21H,5-8,10-11H2,1H3. The van der Waals surface area contributed by atoms with Crippen LogP contribution in [-0.2, 0) is 6.18 Å². The van der Waals surface area contributed by atoms with Gasteiger partial charge in [0.05, 0.1) is 5.56 Å². The number of hydrogen-bond acceptors (Lipinski definition) is 3. The summed E-state index contributed by atoms with van der Waals surface area (Å²) in [5.74, 6) is 0.227. The minimum atomic E-state index is -4.30. The maximum Gasteiger partial charge on any atom is 0.416 e. The van der Waals surface area contributed by atoms with Gasteiger partial charge in [0.2, 0.25) is 0 Å². The first-order chi connectivity index (χ1) is 9.90. The van der Waals surface area contributed by atoms with Gasteiger partial charge in [-0.05, 0) is 24.1 Å². The number of halogens is 3. The Morgan fingerprint density at radius 2 is 1.86 bits per heavy atom. The predicted molar refractivity (Wildman–Crippen MR) is 76.3 cm³/mol. The summed E-state index contributed by atoms with van der Waals surface area (Å²) in [6.45, 7) is 6.00. The van der Waals surface area contributed by atoms with E-state index in [0.29, 0.717) is 18.8 Å². The van der Waals surface area contributed by atoms with Crippen LogP contribution in [0.4, 0.5) is 18.9 Å². The number of anilines is 1. The second kappa shape index (κ2) is 6.66. The molecule has 21 heavy (non-hydrogen) atoms. The molecule has 1 fully saturated rings. The smallest absolute Gasteiger partial charge is 0.396 e. The highest BCUT2D eigenvalue weighted by atomic mass is 19.4. The van der Waals surface area contributed by atoms with Crippen LogP contribution in [0.2, 0.25) is 0 Å². The van der Waals surface area contributed by atoms with Crippen molar-refractivity contribution in [1.82, 2.24) is 4.90 Å². The maximum atomic E-state index is 12.7. The molecule has 1 atom stereocenters. The first kappa shape index (κ1) is 16.1. The molecule has 1 unspecified atom stereocenters. The number of nitrogens with zero attached hydrogens (tertiary/aromatic N) is 2. The van der Waals surface area contributed by atoms with E-state index in [1.165, 1.54) is 12.1 Å². The fourth-order valence-electron chi connectivity index (χ4n) is 2.57. The molecular formula is C15H21F3N2O. The Hall–Kier alpha value is -1.27. The molecule has 1 aromatic carbocycles. The summed E-state index contributed by atoms with van der Waals surface area (Å²) in [4.78, 5) is 4.22. The first-order valence-electron chi connectivity index (χ1n) is 7.15. The van der Waals surface area contributed by atoms with Gasteiger partial charge in [0, 0.05) is 45.0 Å². The number of aliphatic hydroxyl groups excluding tert-OH is 1. The molecule has 1 saturated heterocycles. The molecule has 1 heterocycles. The van der Waals surface area contributed by atoms with Crippen LogP contribution in [0.5, 0.6) is 0 Å². The minimum absolute atomic E-state index is 0.161. The Bertz CT molecular complexity index is 456. The topological polar surface area (TPSA) is 26.7 Å². The van der Waals surface area contributed by atoms with E-state index in [-0.39, 0.29) is 12.5 Å². The zero-order valence-electron chi connectivity index (χ0n) is 12.1. The van der Waals surface area contributed by atoms with Gasteiger partial charge < -0.3 is 10.0 Å². The van der Waals surface area contributed by atoms with Gasteiger partial charge in [0.15, 0.2) is 0 Å². The fourth-order valence-corrected chi connectivity index (χ4v) is 2.57. The summed E-state index contributed by atoms with van der Waals surface area (Å²) in [6.07, 6.45) is -4.30. The van der Waals surface area contributed by atoms with E-state index in [1.54, 1.807) is 6.07 Å². The van der Waals surface area contributed by atoms with Gasteiger partial charge in [0.25, 0.3) is 0 Å². The molecule has 1 aromatic rings. The van der Waals surface area contributed by atoms with E-state index in [1.807, 2.05) is 11.8 Å². The Labute approximate surface area is 123 Å². The molecule has 0 aromatic heterocycles. The second-order valence-electron chi connectivity index (χ2n) is 5.62. The van der Waals surface area contributed by atoms with Gasteiger partial charge in [-0.25, -0.2) is 0 Å². The SMILES string of the molecule is CC(CO)CN1CCN(c2cccc(C(F)(F)F)c2)CC1. The highest BCUT2D eigenvalue weighted by Gasteiger charge is 2.31. The molecule has 0 amide bonds. The molecule has 0 aliphatic carbocycles. The van der Waals surface area contributed by atoms with E-state index >= 15 is 0 Å². The van der Waals surface area contributed by atoms with E-state index in [9.17, 15) is 13.2 Å². The van der Waals surface area contributed by atoms with Crippen LogP contribution in [0.15, 0.2) is 24.3 Å². The summed E-state index contributed by atoms with van der Waals surface area (Å²) in [7, 11) is 0. The summed E-state index contributed by atoms with van der Waals surface area (Å²) in [6, 6.07) is 5.49. The summed E-state index contributed by atoms with van der Waals surface area (Å²) < 4.78 is 38.2. The molecule has 1 N–H and O–H groups in total. The van der Waals surface area contributed by atoms with Gasteiger partial charge in [-0.15, -0.1) is 0 Å². The predicted octanol–water partition coefficient (Wildman–Crippen LogP) is 2.46.